The van der Waals surface area contributed by atoms with Crippen molar-refractivity contribution in [2.24, 2.45) is 5.73 Å². The summed E-state index contributed by atoms with van der Waals surface area (Å²) in [7, 11) is -3.49. The Morgan fingerprint density at radius 2 is 1.90 bits per heavy atom. The fourth-order valence-electron chi connectivity index (χ4n) is 2.33. The van der Waals surface area contributed by atoms with Gasteiger partial charge in [0.15, 0.2) is 0 Å². The molecule has 2 rings (SSSR count). The first-order valence-electron chi connectivity index (χ1n) is 6.65. The van der Waals surface area contributed by atoms with Crippen molar-refractivity contribution in [3.63, 3.8) is 0 Å². The van der Waals surface area contributed by atoms with Gasteiger partial charge in [0.05, 0.1) is 9.88 Å². The van der Waals surface area contributed by atoms with Gasteiger partial charge in [0.2, 0.25) is 10.0 Å². The van der Waals surface area contributed by atoms with E-state index in [-0.39, 0.29) is 10.9 Å². The van der Waals surface area contributed by atoms with Crippen molar-refractivity contribution < 1.29 is 8.42 Å². The Morgan fingerprint density at radius 3 is 2.43 bits per heavy atom. The van der Waals surface area contributed by atoms with Gasteiger partial charge in [0, 0.05) is 30.7 Å². The molecule has 116 valence electrons. The maximum atomic E-state index is 12.3. The van der Waals surface area contributed by atoms with Crippen LogP contribution in [0.25, 0.3) is 0 Å². The molecular formula is C13H18ClN3O2S2. The van der Waals surface area contributed by atoms with Crippen molar-refractivity contribution in [3.05, 3.63) is 29.3 Å². The second kappa shape index (κ2) is 7.02. The minimum absolute atomic E-state index is 0.0618. The SMILES string of the molecule is NC(=S)CN1CCC(NS(=O)(=O)c2ccc(Cl)cc2)CC1. The van der Waals surface area contributed by atoms with Crippen molar-refractivity contribution in [2.45, 2.75) is 23.8 Å². The molecule has 1 aliphatic heterocycles. The molecule has 0 atom stereocenters. The third-order valence-electron chi connectivity index (χ3n) is 3.41. The van der Waals surface area contributed by atoms with Gasteiger partial charge in [0.25, 0.3) is 0 Å². The number of halogens is 1. The summed E-state index contributed by atoms with van der Waals surface area (Å²) in [5, 5.41) is 0.514. The van der Waals surface area contributed by atoms with E-state index in [2.05, 4.69) is 9.62 Å². The Balaban J connectivity index is 1.93. The van der Waals surface area contributed by atoms with Crippen molar-refractivity contribution in [3.8, 4) is 0 Å². The lowest BCUT2D eigenvalue weighted by atomic mass is 10.1. The highest BCUT2D eigenvalue weighted by Crippen LogP contribution is 2.17. The lowest BCUT2D eigenvalue weighted by molar-refractivity contribution is 0.233. The van der Waals surface area contributed by atoms with Crippen LogP contribution in [0, 0.1) is 0 Å². The van der Waals surface area contributed by atoms with Gasteiger partial charge in [-0.2, -0.15) is 0 Å². The summed E-state index contributed by atoms with van der Waals surface area (Å²) in [4.78, 5) is 2.84. The predicted molar refractivity (Wildman–Crippen MR) is 88.0 cm³/mol. The number of likely N-dealkylation sites (tertiary alicyclic amines) is 1. The Kier molecular flexibility index (Phi) is 5.56. The molecule has 1 aliphatic rings. The highest BCUT2D eigenvalue weighted by atomic mass is 35.5. The zero-order valence-corrected chi connectivity index (χ0v) is 13.8. The normalized spacial score (nSPS) is 17.8. The highest BCUT2D eigenvalue weighted by Gasteiger charge is 2.24. The third-order valence-corrected chi connectivity index (χ3v) is 5.33. The predicted octanol–water partition coefficient (Wildman–Crippen LogP) is 1.37. The molecule has 0 unspecified atom stereocenters. The number of sulfonamides is 1. The lowest BCUT2D eigenvalue weighted by Crippen LogP contribution is -2.46. The number of thiocarbonyl (C=S) groups is 1. The van der Waals surface area contributed by atoms with Crippen LogP contribution in [0.15, 0.2) is 29.2 Å². The molecule has 1 heterocycles. The number of hydrogen-bond donors (Lipinski definition) is 2. The van der Waals surface area contributed by atoms with Crippen LogP contribution >= 0.6 is 23.8 Å². The van der Waals surface area contributed by atoms with Gasteiger partial charge >= 0.3 is 0 Å². The van der Waals surface area contributed by atoms with Crippen LogP contribution in [0.1, 0.15) is 12.8 Å². The van der Waals surface area contributed by atoms with Crippen LogP contribution < -0.4 is 10.5 Å². The van der Waals surface area contributed by atoms with Gasteiger partial charge in [-0.3, -0.25) is 4.90 Å². The van der Waals surface area contributed by atoms with Crippen LogP contribution in [0.5, 0.6) is 0 Å². The second-order valence-corrected chi connectivity index (χ2v) is 7.77. The summed E-state index contributed by atoms with van der Waals surface area (Å²) in [5.41, 5.74) is 5.52. The molecule has 5 nitrogen and oxygen atoms in total. The number of rotatable bonds is 5. The topological polar surface area (TPSA) is 75.4 Å². The summed E-state index contributed by atoms with van der Waals surface area (Å²) in [6.45, 7) is 2.16. The molecule has 0 radical (unpaired) electrons. The second-order valence-electron chi connectivity index (χ2n) is 5.09. The fourth-order valence-corrected chi connectivity index (χ4v) is 3.94. The Hall–Kier alpha value is -0.730. The van der Waals surface area contributed by atoms with Gasteiger partial charge in [-0.15, -0.1) is 0 Å². The van der Waals surface area contributed by atoms with E-state index in [1.807, 2.05) is 0 Å². The molecule has 1 aromatic carbocycles. The number of nitrogens with two attached hydrogens (primary N) is 1. The average molecular weight is 348 g/mol. The zero-order valence-electron chi connectivity index (χ0n) is 11.5. The minimum atomic E-state index is -3.49. The molecule has 0 bridgehead atoms. The van der Waals surface area contributed by atoms with E-state index in [1.165, 1.54) is 12.1 Å². The summed E-state index contributed by atoms with van der Waals surface area (Å²) in [6.07, 6.45) is 1.49. The zero-order chi connectivity index (χ0) is 15.5. The molecule has 21 heavy (non-hydrogen) atoms. The van der Waals surface area contributed by atoms with Crippen LogP contribution in [-0.2, 0) is 10.0 Å². The molecule has 0 spiro atoms. The standard InChI is InChI=1S/C13H18ClN3O2S2/c14-10-1-3-12(4-2-10)21(18,19)16-11-5-7-17(8-6-11)9-13(15)20/h1-4,11,16H,5-9H2,(H2,15,20). The molecular weight excluding hydrogens is 330 g/mol. The van der Waals surface area contributed by atoms with Crippen LogP contribution in [0.4, 0.5) is 0 Å². The smallest absolute Gasteiger partial charge is 0.240 e. The molecule has 3 N–H and O–H groups in total. The largest absolute Gasteiger partial charge is 0.392 e. The van der Waals surface area contributed by atoms with Gasteiger partial charge in [-0.05, 0) is 37.1 Å². The molecule has 1 saturated heterocycles. The number of nitrogens with zero attached hydrogens (tertiary/aromatic N) is 1. The minimum Gasteiger partial charge on any atom is -0.392 e. The van der Waals surface area contributed by atoms with Crippen molar-refractivity contribution in [2.75, 3.05) is 19.6 Å². The van der Waals surface area contributed by atoms with E-state index in [9.17, 15) is 8.42 Å². The third kappa shape index (κ3) is 4.89. The highest BCUT2D eigenvalue weighted by molar-refractivity contribution is 7.89. The van der Waals surface area contributed by atoms with Crippen molar-refractivity contribution in [1.29, 1.82) is 0 Å². The first-order chi connectivity index (χ1) is 9.87. The first kappa shape index (κ1) is 16.6. The van der Waals surface area contributed by atoms with E-state index < -0.39 is 10.0 Å². The van der Waals surface area contributed by atoms with E-state index in [0.29, 0.717) is 16.6 Å². The summed E-state index contributed by atoms with van der Waals surface area (Å²) in [6, 6.07) is 6.09. The molecule has 1 fully saturated rings. The molecule has 0 aliphatic carbocycles. The summed E-state index contributed by atoms with van der Waals surface area (Å²) < 4.78 is 27.3. The molecule has 1 aromatic rings. The number of nitrogens with one attached hydrogen (secondary N) is 1. The quantitative estimate of drug-likeness (QED) is 0.787. The monoisotopic (exact) mass is 347 g/mol. The molecule has 0 saturated carbocycles. The van der Waals surface area contributed by atoms with Gasteiger partial charge in [-0.25, -0.2) is 13.1 Å². The molecule has 0 amide bonds. The Labute approximate surface area is 135 Å². The van der Waals surface area contributed by atoms with E-state index in [1.54, 1.807) is 12.1 Å². The van der Waals surface area contributed by atoms with E-state index in [0.717, 1.165) is 25.9 Å². The Morgan fingerprint density at radius 1 is 1.33 bits per heavy atom. The number of hydrogen-bond acceptors (Lipinski definition) is 4. The first-order valence-corrected chi connectivity index (χ1v) is 8.92. The summed E-state index contributed by atoms with van der Waals surface area (Å²) >= 11 is 10.7. The van der Waals surface area contributed by atoms with Gasteiger partial charge < -0.3 is 5.73 Å². The van der Waals surface area contributed by atoms with Crippen molar-refractivity contribution in [1.82, 2.24) is 9.62 Å². The van der Waals surface area contributed by atoms with Crippen LogP contribution in [0.2, 0.25) is 5.02 Å². The fraction of sp³-hybridized carbons (Fsp3) is 0.462. The van der Waals surface area contributed by atoms with E-state index in [4.69, 9.17) is 29.6 Å². The van der Waals surface area contributed by atoms with Crippen LogP contribution in [-0.4, -0.2) is 44.0 Å². The maximum Gasteiger partial charge on any atom is 0.240 e. The molecule has 0 aromatic heterocycles. The van der Waals surface area contributed by atoms with Gasteiger partial charge in [0.1, 0.15) is 0 Å². The van der Waals surface area contributed by atoms with Crippen molar-refractivity contribution >= 4 is 38.8 Å². The summed E-state index contributed by atoms with van der Waals surface area (Å²) in [5.74, 6) is 0. The molecule has 8 heteroatoms. The lowest BCUT2D eigenvalue weighted by Gasteiger charge is -2.31. The number of piperidine rings is 1. The van der Waals surface area contributed by atoms with Gasteiger partial charge in [-0.1, -0.05) is 23.8 Å². The average Bonchev–Trinajstić information content (AvgIpc) is 2.40. The number of benzene rings is 1. The van der Waals surface area contributed by atoms with E-state index >= 15 is 0 Å². The Bertz CT molecular complexity index is 596. The maximum absolute atomic E-state index is 12.3. The van der Waals surface area contributed by atoms with Crippen LogP contribution in [0.3, 0.4) is 0 Å².